The predicted octanol–water partition coefficient (Wildman–Crippen LogP) is 4.70. The van der Waals surface area contributed by atoms with Gasteiger partial charge < -0.3 is 11.1 Å². The molecule has 0 aromatic rings. The fourth-order valence-corrected chi connectivity index (χ4v) is 3.34. The second-order valence-electron chi connectivity index (χ2n) is 5.47. The van der Waals surface area contributed by atoms with E-state index in [4.69, 9.17) is 5.73 Å². The molecule has 1 atom stereocenters. The molecule has 0 saturated carbocycles. The number of carbonyl (C=O) groups is 1. The van der Waals surface area contributed by atoms with Gasteiger partial charge in [-0.05, 0) is 18.6 Å². The summed E-state index contributed by atoms with van der Waals surface area (Å²) in [5, 5.41) is 3.21. The number of nitrogens with one attached hydrogen (secondary N) is 1. The zero-order valence-electron chi connectivity index (χ0n) is 13.5. The van der Waals surface area contributed by atoms with E-state index in [0.717, 1.165) is 6.42 Å². The van der Waals surface area contributed by atoms with E-state index in [9.17, 15) is 4.79 Å². The summed E-state index contributed by atoms with van der Waals surface area (Å²) in [6.45, 7) is 5.13. The van der Waals surface area contributed by atoms with Gasteiger partial charge in [-0.25, -0.2) is 4.79 Å². The number of hydrogen-bond acceptors (Lipinski definition) is 2. The number of unbranched alkanes of at least 4 members (excludes halogenated alkanes) is 8. The van der Waals surface area contributed by atoms with Gasteiger partial charge in [0.2, 0.25) is 0 Å². The van der Waals surface area contributed by atoms with Crippen LogP contribution in [-0.2, 0) is 0 Å². The van der Waals surface area contributed by atoms with Crippen molar-refractivity contribution in [3.63, 3.8) is 0 Å². The van der Waals surface area contributed by atoms with Gasteiger partial charge in [0.25, 0.3) is 0 Å². The molecule has 0 heterocycles. The zero-order chi connectivity index (χ0) is 15.1. The molecular weight excluding hydrogens is 268 g/mol. The average molecular weight is 303 g/mol. The number of nitrogens with two attached hydrogens (primary N) is 1. The Kier molecular flexibility index (Phi) is 14.7. The molecule has 120 valence electrons. The molecule has 0 aliphatic carbocycles. The highest BCUT2D eigenvalue weighted by molar-refractivity contribution is 7.99. The first-order chi connectivity index (χ1) is 9.70. The number of amides is 2. The molecule has 3 N–H and O–H groups in total. The molecule has 0 aromatic heterocycles. The summed E-state index contributed by atoms with van der Waals surface area (Å²) in [6.07, 6.45) is 13.5. The van der Waals surface area contributed by atoms with Crippen LogP contribution in [0.1, 0.15) is 78.1 Å². The number of thioether (sulfide) groups is 1. The Bertz CT molecular complexity index is 225. The van der Waals surface area contributed by atoms with Crippen LogP contribution in [0.3, 0.4) is 0 Å². The smallest absolute Gasteiger partial charge is 0.312 e. The lowest BCUT2D eigenvalue weighted by Gasteiger charge is -2.14. The van der Waals surface area contributed by atoms with Crippen LogP contribution in [0.25, 0.3) is 0 Å². The molecule has 0 aliphatic heterocycles. The van der Waals surface area contributed by atoms with Crippen molar-refractivity contribution < 1.29 is 4.79 Å². The van der Waals surface area contributed by atoms with Crippen molar-refractivity contribution in [2.75, 3.05) is 12.3 Å². The highest BCUT2D eigenvalue weighted by atomic mass is 32.2. The average Bonchev–Trinajstić information content (AvgIpc) is 2.44. The molecule has 0 radical (unpaired) electrons. The van der Waals surface area contributed by atoms with E-state index in [1.54, 1.807) is 0 Å². The quantitative estimate of drug-likeness (QED) is 0.457. The van der Waals surface area contributed by atoms with Crippen LogP contribution < -0.4 is 11.1 Å². The Hall–Kier alpha value is -0.380. The van der Waals surface area contributed by atoms with Gasteiger partial charge >= 0.3 is 6.03 Å². The van der Waals surface area contributed by atoms with Gasteiger partial charge in [-0.2, -0.15) is 11.8 Å². The summed E-state index contributed by atoms with van der Waals surface area (Å²) in [6, 6.07) is -0.410. The van der Waals surface area contributed by atoms with Gasteiger partial charge in [-0.15, -0.1) is 0 Å². The number of urea groups is 1. The maximum atomic E-state index is 10.7. The first-order valence-corrected chi connectivity index (χ1v) is 9.40. The van der Waals surface area contributed by atoms with Crippen LogP contribution >= 0.6 is 11.8 Å². The second kappa shape index (κ2) is 15.0. The third-order valence-electron chi connectivity index (χ3n) is 3.56. The van der Waals surface area contributed by atoms with Crippen molar-refractivity contribution in [3.8, 4) is 0 Å². The summed E-state index contributed by atoms with van der Waals surface area (Å²) in [4.78, 5) is 10.7. The molecule has 3 nitrogen and oxygen atoms in total. The van der Waals surface area contributed by atoms with E-state index < -0.39 is 6.03 Å². The van der Waals surface area contributed by atoms with Crippen LogP contribution in [-0.4, -0.2) is 23.6 Å². The van der Waals surface area contributed by atoms with Crippen molar-refractivity contribution in [1.29, 1.82) is 0 Å². The van der Waals surface area contributed by atoms with Crippen molar-refractivity contribution >= 4 is 17.8 Å². The summed E-state index contributed by atoms with van der Waals surface area (Å²) in [5.41, 5.74) is 5.09. The molecule has 0 spiro atoms. The molecule has 4 heteroatoms. The minimum absolute atomic E-state index is 0.410. The molecule has 0 rings (SSSR count). The van der Waals surface area contributed by atoms with E-state index in [1.807, 2.05) is 11.8 Å². The first kappa shape index (κ1) is 19.6. The van der Waals surface area contributed by atoms with E-state index >= 15 is 0 Å². The molecular formula is C16H34N2OS. The maximum Gasteiger partial charge on any atom is 0.312 e. The van der Waals surface area contributed by atoms with Gasteiger partial charge in [0.1, 0.15) is 0 Å². The Morgan fingerprint density at radius 1 is 1.00 bits per heavy atom. The molecule has 2 amide bonds. The van der Waals surface area contributed by atoms with Crippen LogP contribution in [0.2, 0.25) is 0 Å². The largest absolute Gasteiger partial charge is 0.352 e. The van der Waals surface area contributed by atoms with Gasteiger partial charge in [0.05, 0.1) is 0 Å². The van der Waals surface area contributed by atoms with Crippen molar-refractivity contribution in [1.82, 2.24) is 5.32 Å². The number of carbonyl (C=O) groups excluding carboxylic acids is 1. The Morgan fingerprint density at radius 3 is 2.05 bits per heavy atom. The lowest BCUT2D eigenvalue weighted by atomic mass is 10.1. The molecule has 0 saturated heterocycles. The van der Waals surface area contributed by atoms with Crippen LogP contribution in [0.4, 0.5) is 4.79 Å². The third-order valence-corrected chi connectivity index (χ3v) is 5.06. The van der Waals surface area contributed by atoms with Gasteiger partial charge in [0.15, 0.2) is 0 Å². The van der Waals surface area contributed by atoms with Crippen LogP contribution in [0, 0.1) is 0 Å². The first-order valence-electron chi connectivity index (χ1n) is 8.35. The fraction of sp³-hybridized carbons (Fsp3) is 0.938. The lowest BCUT2D eigenvalue weighted by Crippen LogP contribution is -2.34. The molecule has 0 bridgehead atoms. The third kappa shape index (κ3) is 14.0. The summed E-state index contributed by atoms with van der Waals surface area (Å²) in [5.74, 6) is 1.20. The maximum absolute atomic E-state index is 10.7. The van der Waals surface area contributed by atoms with E-state index in [0.29, 0.717) is 11.8 Å². The minimum atomic E-state index is -0.410. The van der Waals surface area contributed by atoms with E-state index in [2.05, 4.69) is 19.2 Å². The standard InChI is InChI=1S/C16H34N2OS/c1-3-5-6-7-8-9-10-11-12-13-20-15(4-2)14-18-16(17)19/h15H,3-14H2,1-2H3,(H3,17,18,19). The number of rotatable bonds is 14. The summed E-state index contributed by atoms with van der Waals surface area (Å²) in [7, 11) is 0. The Balaban J connectivity index is 3.26. The monoisotopic (exact) mass is 302 g/mol. The molecule has 0 fully saturated rings. The zero-order valence-corrected chi connectivity index (χ0v) is 14.3. The van der Waals surface area contributed by atoms with Gasteiger partial charge in [0, 0.05) is 11.8 Å². The SMILES string of the molecule is CCCCCCCCCCCSC(CC)CNC(N)=O. The molecule has 1 unspecified atom stereocenters. The van der Waals surface area contributed by atoms with Gasteiger partial charge in [-0.1, -0.05) is 65.2 Å². The van der Waals surface area contributed by atoms with Crippen molar-refractivity contribution in [2.45, 2.75) is 83.3 Å². The second-order valence-corrected chi connectivity index (χ2v) is 6.88. The van der Waals surface area contributed by atoms with E-state index in [1.165, 1.54) is 63.5 Å². The minimum Gasteiger partial charge on any atom is -0.352 e. The Labute approximate surface area is 129 Å². The summed E-state index contributed by atoms with van der Waals surface area (Å²) >= 11 is 1.97. The van der Waals surface area contributed by atoms with Crippen molar-refractivity contribution in [2.24, 2.45) is 5.73 Å². The molecule has 20 heavy (non-hydrogen) atoms. The summed E-state index contributed by atoms with van der Waals surface area (Å²) < 4.78 is 0. The molecule has 0 aliphatic rings. The van der Waals surface area contributed by atoms with Gasteiger partial charge in [-0.3, -0.25) is 0 Å². The van der Waals surface area contributed by atoms with Crippen molar-refractivity contribution in [3.05, 3.63) is 0 Å². The topological polar surface area (TPSA) is 55.1 Å². The van der Waals surface area contributed by atoms with Crippen LogP contribution in [0.15, 0.2) is 0 Å². The fourth-order valence-electron chi connectivity index (χ4n) is 2.20. The highest BCUT2D eigenvalue weighted by Gasteiger charge is 2.06. The highest BCUT2D eigenvalue weighted by Crippen LogP contribution is 2.17. The predicted molar refractivity (Wildman–Crippen MR) is 91.4 cm³/mol. The number of hydrogen-bond donors (Lipinski definition) is 2. The normalized spacial score (nSPS) is 12.3. The Morgan fingerprint density at radius 2 is 1.55 bits per heavy atom. The molecule has 0 aromatic carbocycles. The number of primary amides is 1. The van der Waals surface area contributed by atoms with Crippen LogP contribution in [0.5, 0.6) is 0 Å². The van der Waals surface area contributed by atoms with E-state index in [-0.39, 0.29) is 0 Å². The lowest BCUT2D eigenvalue weighted by molar-refractivity contribution is 0.249.